The molecule has 0 heterocycles. The molecule has 3 aliphatic carbocycles. The second kappa shape index (κ2) is 16.1. The van der Waals surface area contributed by atoms with Gasteiger partial charge in [0, 0.05) is 29.5 Å². The molecule has 3 aliphatic rings. The summed E-state index contributed by atoms with van der Waals surface area (Å²) < 4.78 is 27.3. The van der Waals surface area contributed by atoms with Gasteiger partial charge < -0.3 is 23.4 Å². The number of alkyl halides is 1. The van der Waals surface area contributed by atoms with Crippen LogP contribution in [0, 0.1) is 16.7 Å². The molecule has 52 heavy (non-hydrogen) atoms. The lowest BCUT2D eigenvalue weighted by molar-refractivity contribution is -0.211. The van der Waals surface area contributed by atoms with E-state index < -0.39 is 75.3 Å². The quantitative estimate of drug-likeness (QED) is 0.0909. The van der Waals surface area contributed by atoms with Crippen molar-refractivity contribution >= 4 is 50.3 Å². The van der Waals surface area contributed by atoms with Crippen LogP contribution in [0.25, 0.3) is 0 Å². The lowest BCUT2D eigenvalue weighted by Crippen LogP contribution is -2.72. The van der Waals surface area contributed by atoms with Crippen LogP contribution in [0.5, 0.6) is 0 Å². The van der Waals surface area contributed by atoms with Gasteiger partial charge in [-0.15, -0.1) is 0 Å². The van der Waals surface area contributed by atoms with Crippen molar-refractivity contribution in [1.82, 2.24) is 0 Å². The summed E-state index contributed by atoms with van der Waals surface area (Å²) in [5.74, 6) is -2.44. The van der Waals surface area contributed by atoms with E-state index in [1.54, 1.807) is 24.3 Å². The summed E-state index contributed by atoms with van der Waals surface area (Å²) >= 11 is 3.90. The highest BCUT2D eigenvalue weighted by Gasteiger charge is 2.71. The number of aliphatic hydroxyl groups is 1. The van der Waals surface area contributed by atoms with E-state index in [0.717, 1.165) is 41.8 Å². The topological polar surface area (TPSA) is 108 Å². The summed E-state index contributed by atoms with van der Waals surface area (Å²) in [6.07, 6.45) is -3.23. The lowest BCUT2D eigenvalue weighted by atomic mass is 9.47. The monoisotopic (exact) mass is 818 g/mol. The van der Waals surface area contributed by atoms with Gasteiger partial charge >= 0.3 is 11.9 Å². The molecule has 0 aromatic heterocycles. The molecule has 0 amide bonds. The van der Waals surface area contributed by atoms with Crippen molar-refractivity contribution < 1.29 is 37.8 Å². The zero-order chi connectivity index (χ0) is 39.0. The summed E-state index contributed by atoms with van der Waals surface area (Å²) in [6.45, 7) is 26.3. The maximum atomic E-state index is 15.8. The van der Waals surface area contributed by atoms with Crippen molar-refractivity contribution in [2.75, 3.05) is 0 Å². The van der Waals surface area contributed by atoms with Gasteiger partial charge in [0.15, 0.2) is 28.5 Å². The number of esters is 2. The van der Waals surface area contributed by atoms with Crippen LogP contribution in [0.15, 0.2) is 53.6 Å². The highest BCUT2D eigenvalue weighted by molar-refractivity contribution is 9.09. The number of fused-ring (bicyclic) bond motifs is 3. The standard InChI is InChI=1S/C41H63BrO8Si2/c1-13-51(14-2,15-3)49-31-25-41(46)37(48-38(45)29-22-20-19-21-23-29)34-26(7)30(42)24-32(50-52(16-4,17-5)18-6)40(34,12)36(44)35(47-28(9)43)33(27(31)8)39(41,10)11/h19-23,30-32,34-35,37,46H,7,13-18,24-25H2,1-6,8-12H3/t30-,31-,32-,34-,35+,37-,40+,41+/m0/s1. The Morgan fingerprint density at radius 2 is 1.42 bits per heavy atom. The normalized spacial score (nSPS) is 32.1. The summed E-state index contributed by atoms with van der Waals surface area (Å²) in [5.41, 5.74) is -2.15. The van der Waals surface area contributed by atoms with Gasteiger partial charge in [-0.2, -0.15) is 0 Å². The second-order valence-corrected chi connectivity index (χ2v) is 26.7. The molecule has 8 atom stereocenters. The SMILES string of the molecule is C=C1[C@@H](Br)C[C@H](O[Si](CC)(CC)CC)[C@@]2(C)C(=O)[C@H](OC(C)=O)C3=C(C)[C@@H](O[Si](CC)(CC)CC)C[C@@](O)([C@@H](OC(=O)c4ccccc4)[C@H]12)C3(C)C. The predicted molar refractivity (Wildman–Crippen MR) is 214 cm³/mol. The van der Waals surface area contributed by atoms with E-state index in [0.29, 0.717) is 23.1 Å². The molecule has 2 fully saturated rings. The summed E-state index contributed by atoms with van der Waals surface area (Å²) in [6, 6.07) is 13.9. The third-order valence-electron chi connectivity index (χ3n) is 13.7. The number of hydrogen-bond acceptors (Lipinski definition) is 8. The lowest BCUT2D eigenvalue weighted by Gasteiger charge is -2.62. The number of halogens is 1. The largest absolute Gasteiger partial charge is 0.455 e. The van der Waals surface area contributed by atoms with Gasteiger partial charge in [0.05, 0.1) is 23.2 Å². The van der Waals surface area contributed by atoms with Crippen LogP contribution in [0.2, 0.25) is 36.3 Å². The van der Waals surface area contributed by atoms with Gasteiger partial charge in [-0.25, -0.2) is 4.79 Å². The van der Waals surface area contributed by atoms with E-state index in [9.17, 15) is 14.7 Å². The maximum absolute atomic E-state index is 15.8. The molecule has 1 aromatic rings. The average Bonchev–Trinajstić information content (AvgIpc) is 3.12. The van der Waals surface area contributed by atoms with Crippen molar-refractivity contribution in [3.63, 3.8) is 0 Å². The number of rotatable bonds is 13. The first-order chi connectivity index (χ1) is 24.3. The molecule has 2 saturated carbocycles. The smallest absolute Gasteiger partial charge is 0.338 e. The van der Waals surface area contributed by atoms with Gasteiger partial charge in [0.25, 0.3) is 0 Å². The Morgan fingerprint density at radius 3 is 1.92 bits per heavy atom. The minimum Gasteiger partial charge on any atom is -0.455 e. The zero-order valence-corrected chi connectivity index (χ0v) is 37.0. The first kappa shape index (κ1) is 42.8. The number of carbonyl (C=O) groups excluding carboxylic acids is 3. The van der Waals surface area contributed by atoms with E-state index in [1.807, 2.05) is 33.8 Å². The Bertz CT molecular complexity index is 1520. The average molecular weight is 820 g/mol. The molecule has 8 nitrogen and oxygen atoms in total. The second-order valence-electron chi connectivity index (χ2n) is 16.1. The summed E-state index contributed by atoms with van der Waals surface area (Å²) in [4.78, 5) is 42.8. The number of carbonyl (C=O) groups is 3. The van der Waals surface area contributed by atoms with Crippen molar-refractivity contribution in [1.29, 1.82) is 0 Å². The van der Waals surface area contributed by atoms with E-state index in [2.05, 4.69) is 64.1 Å². The Kier molecular flexibility index (Phi) is 13.2. The number of benzene rings is 1. The molecule has 11 heteroatoms. The van der Waals surface area contributed by atoms with E-state index in [-0.39, 0.29) is 17.0 Å². The van der Waals surface area contributed by atoms with E-state index in [4.69, 9.17) is 18.3 Å². The Balaban J connectivity index is 2.13. The van der Waals surface area contributed by atoms with Crippen LogP contribution in [-0.4, -0.2) is 74.3 Å². The van der Waals surface area contributed by atoms with Gasteiger partial charge in [-0.1, -0.05) is 102 Å². The van der Waals surface area contributed by atoms with Crippen molar-refractivity contribution in [2.24, 2.45) is 16.7 Å². The fourth-order valence-electron chi connectivity index (χ4n) is 9.58. The van der Waals surface area contributed by atoms with Crippen LogP contribution in [0.4, 0.5) is 0 Å². The number of ether oxygens (including phenoxy) is 2. The first-order valence-corrected chi connectivity index (χ1v) is 25.4. The molecular weight excluding hydrogens is 757 g/mol. The fourth-order valence-corrected chi connectivity index (χ4v) is 16.0. The van der Waals surface area contributed by atoms with E-state index in [1.165, 1.54) is 6.92 Å². The van der Waals surface area contributed by atoms with Gasteiger partial charge in [0.1, 0.15) is 11.7 Å². The molecule has 0 spiro atoms. The molecule has 0 radical (unpaired) electrons. The van der Waals surface area contributed by atoms with Gasteiger partial charge in [0.2, 0.25) is 0 Å². The molecule has 1 N–H and O–H groups in total. The Labute approximate surface area is 322 Å². The number of ketones is 1. The molecule has 2 bridgehead atoms. The first-order valence-electron chi connectivity index (χ1n) is 19.4. The van der Waals surface area contributed by atoms with Crippen LogP contribution < -0.4 is 0 Å². The highest BCUT2D eigenvalue weighted by Crippen LogP contribution is 2.62. The number of hydrogen-bond donors (Lipinski definition) is 1. The summed E-state index contributed by atoms with van der Waals surface area (Å²) in [7, 11) is -4.64. The minimum atomic E-state index is -2.35. The van der Waals surface area contributed by atoms with Gasteiger partial charge in [-0.05, 0) is 79.8 Å². The molecule has 290 valence electrons. The Hall–Kier alpha value is -1.90. The van der Waals surface area contributed by atoms with Crippen molar-refractivity contribution in [3.05, 3.63) is 59.2 Å². The molecule has 0 saturated heterocycles. The van der Waals surface area contributed by atoms with E-state index >= 15 is 4.79 Å². The van der Waals surface area contributed by atoms with Crippen molar-refractivity contribution in [2.45, 2.75) is 160 Å². The third-order valence-corrected chi connectivity index (χ3v) is 23.9. The van der Waals surface area contributed by atoms with Crippen molar-refractivity contribution in [3.8, 4) is 0 Å². The Morgan fingerprint density at radius 1 is 0.904 bits per heavy atom. The number of Topliss-reactive ketones (excluding diaryl/α,β-unsaturated/α-hetero) is 1. The van der Waals surface area contributed by atoms with Gasteiger partial charge in [-0.3, -0.25) is 9.59 Å². The minimum absolute atomic E-state index is 0.119. The van der Waals surface area contributed by atoms with Crippen LogP contribution >= 0.6 is 15.9 Å². The molecule has 0 unspecified atom stereocenters. The molecule has 4 rings (SSSR count). The predicted octanol–water partition coefficient (Wildman–Crippen LogP) is 9.33. The maximum Gasteiger partial charge on any atom is 0.338 e. The van der Waals surface area contributed by atoms with Crippen LogP contribution in [-0.2, 0) is 27.9 Å². The zero-order valence-electron chi connectivity index (χ0n) is 33.4. The highest BCUT2D eigenvalue weighted by atomic mass is 79.9. The van der Waals surface area contributed by atoms with Crippen LogP contribution in [0.3, 0.4) is 0 Å². The van der Waals surface area contributed by atoms with Crippen LogP contribution in [0.1, 0.15) is 99.4 Å². The third kappa shape index (κ3) is 7.16. The summed E-state index contributed by atoms with van der Waals surface area (Å²) in [5, 5.41) is 13.7. The molecule has 1 aromatic carbocycles. The molecule has 0 aliphatic heterocycles. The fraction of sp³-hybridized carbons (Fsp3) is 0.683. The molecular formula is C41H63BrO8Si2.